The van der Waals surface area contributed by atoms with Crippen molar-refractivity contribution in [2.45, 2.75) is 38.8 Å². The highest BCUT2D eigenvalue weighted by atomic mass is 32.1. The van der Waals surface area contributed by atoms with Gasteiger partial charge in [-0.15, -0.1) is 11.3 Å². The van der Waals surface area contributed by atoms with Crippen molar-refractivity contribution in [1.82, 2.24) is 10.3 Å². The minimum atomic E-state index is -1.04. The molecule has 1 saturated heterocycles. The number of hydrogen-bond donors (Lipinski definition) is 2. The van der Waals surface area contributed by atoms with Gasteiger partial charge in [0.05, 0.1) is 29.8 Å². The zero-order valence-corrected chi connectivity index (χ0v) is 13.4. The average molecular weight is 328 g/mol. The molecule has 1 aromatic rings. The van der Waals surface area contributed by atoms with Gasteiger partial charge in [0, 0.05) is 11.5 Å². The first kappa shape index (κ1) is 16.9. The van der Waals surface area contributed by atoms with Crippen LogP contribution in [0.3, 0.4) is 0 Å². The van der Waals surface area contributed by atoms with E-state index in [4.69, 9.17) is 14.6 Å². The number of carbonyl (C=O) groups is 2. The third-order valence-corrected chi connectivity index (χ3v) is 4.46. The first-order valence-corrected chi connectivity index (χ1v) is 7.90. The van der Waals surface area contributed by atoms with Gasteiger partial charge in [-0.25, -0.2) is 9.78 Å². The molecule has 2 heterocycles. The van der Waals surface area contributed by atoms with Crippen LogP contribution in [0.25, 0.3) is 0 Å². The fraction of sp³-hybridized carbons (Fsp3) is 0.643. The normalized spacial score (nSPS) is 21.5. The van der Waals surface area contributed by atoms with Gasteiger partial charge < -0.3 is 19.9 Å². The summed E-state index contributed by atoms with van der Waals surface area (Å²) in [6, 6.07) is -0.227. The zero-order chi connectivity index (χ0) is 16.1. The lowest BCUT2D eigenvalue weighted by atomic mass is 10.1. The second kappa shape index (κ2) is 7.66. The number of nitrogens with zero attached hydrogens (tertiary/aromatic N) is 1. The lowest BCUT2D eigenvalue weighted by Gasteiger charge is -2.31. The van der Waals surface area contributed by atoms with E-state index >= 15 is 0 Å². The van der Waals surface area contributed by atoms with Gasteiger partial charge in [0.2, 0.25) is 5.91 Å². The number of hydrogen-bond acceptors (Lipinski definition) is 6. The molecule has 0 aromatic carbocycles. The van der Waals surface area contributed by atoms with E-state index < -0.39 is 18.7 Å². The Morgan fingerprint density at radius 1 is 1.50 bits per heavy atom. The van der Waals surface area contributed by atoms with Gasteiger partial charge in [-0.1, -0.05) is 0 Å². The summed E-state index contributed by atoms with van der Waals surface area (Å²) in [6.07, 6.45) is 0.454. The van der Waals surface area contributed by atoms with E-state index in [1.54, 1.807) is 0 Å². The average Bonchev–Trinajstić information content (AvgIpc) is 2.75. The summed E-state index contributed by atoms with van der Waals surface area (Å²) in [5.74, 6) is -1.14. The monoisotopic (exact) mass is 328 g/mol. The zero-order valence-electron chi connectivity index (χ0n) is 12.6. The predicted molar refractivity (Wildman–Crippen MR) is 80.0 cm³/mol. The number of aryl methyl sites for hydroxylation is 2. The second-order valence-corrected chi connectivity index (χ2v) is 6.49. The summed E-state index contributed by atoms with van der Waals surface area (Å²) in [5.41, 5.74) is 0.878. The lowest BCUT2D eigenvalue weighted by Crippen LogP contribution is -2.50. The Hall–Kier alpha value is -1.51. The summed E-state index contributed by atoms with van der Waals surface area (Å²) in [5, 5.41) is 12.5. The van der Waals surface area contributed by atoms with Crippen LogP contribution in [-0.2, 0) is 25.5 Å². The SMILES string of the molecule is Cc1nc(C)c(CC(=O)N[C@@H]2CCOC[C@H]2OCC(=O)O)s1. The Labute approximate surface area is 132 Å². The molecule has 1 fully saturated rings. The van der Waals surface area contributed by atoms with Gasteiger partial charge in [-0.2, -0.15) is 0 Å². The molecule has 0 unspecified atom stereocenters. The third-order valence-electron chi connectivity index (χ3n) is 3.39. The number of ether oxygens (including phenoxy) is 2. The lowest BCUT2D eigenvalue weighted by molar-refractivity contribution is -0.149. The maximum Gasteiger partial charge on any atom is 0.329 e. The molecule has 122 valence electrons. The Bertz CT molecular complexity index is 545. The van der Waals surface area contributed by atoms with Crippen LogP contribution in [0.1, 0.15) is 22.0 Å². The van der Waals surface area contributed by atoms with E-state index in [0.29, 0.717) is 13.0 Å². The van der Waals surface area contributed by atoms with Crippen LogP contribution in [0.5, 0.6) is 0 Å². The molecular weight excluding hydrogens is 308 g/mol. The molecule has 2 N–H and O–H groups in total. The number of carbonyl (C=O) groups excluding carboxylic acids is 1. The Morgan fingerprint density at radius 3 is 2.91 bits per heavy atom. The number of carboxylic acids is 1. The van der Waals surface area contributed by atoms with Crippen molar-refractivity contribution in [1.29, 1.82) is 0 Å². The van der Waals surface area contributed by atoms with E-state index in [0.717, 1.165) is 15.6 Å². The van der Waals surface area contributed by atoms with Gasteiger partial charge in [0.25, 0.3) is 0 Å². The predicted octanol–water partition coefficient (Wildman–Crippen LogP) is 0.677. The summed E-state index contributed by atoms with van der Waals surface area (Å²) in [4.78, 5) is 28.0. The molecule has 1 aliphatic heterocycles. The van der Waals surface area contributed by atoms with Crippen LogP contribution in [0.4, 0.5) is 0 Å². The fourth-order valence-corrected chi connectivity index (χ4v) is 3.30. The molecule has 2 atom stereocenters. The number of aliphatic carboxylic acids is 1. The topological polar surface area (TPSA) is 97.8 Å². The van der Waals surface area contributed by atoms with E-state index in [9.17, 15) is 9.59 Å². The molecular formula is C14H20N2O5S. The first-order valence-electron chi connectivity index (χ1n) is 7.09. The largest absolute Gasteiger partial charge is 0.480 e. The van der Waals surface area contributed by atoms with Gasteiger partial charge in [0.15, 0.2) is 0 Å². The minimum Gasteiger partial charge on any atom is -0.480 e. The van der Waals surface area contributed by atoms with E-state index in [1.165, 1.54) is 11.3 Å². The van der Waals surface area contributed by atoms with Crippen LogP contribution >= 0.6 is 11.3 Å². The maximum absolute atomic E-state index is 12.2. The Morgan fingerprint density at radius 2 is 2.27 bits per heavy atom. The standard InChI is InChI=1S/C14H20N2O5S/c1-8-12(22-9(2)15-8)5-13(17)16-10-3-4-20-6-11(10)21-7-14(18)19/h10-11H,3-7H2,1-2H3,(H,16,17)(H,18,19)/t10-,11-/m1/s1. The number of aromatic nitrogens is 1. The maximum atomic E-state index is 12.2. The molecule has 8 heteroatoms. The summed E-state index contributed by atoms with van der Waals surface area (Å²) in [6.45, 7) is 4.22. The van der Waals surface area contributed by atoms with Gasteiger partial charge >= 0.3 is 5.97 Å². The highest BCUT2D eigenvalue weighted by Crippen LogP contribution is 2.18. The van der Waals surface area contributed by atoms with Crippen molar-refractivity contribution in [2.24, 2.45) is 0 Å². The molecule has 0 bridgehead atoms. The van der Waals surface area contributed by atoms with Crippen LogP contribution in [0.2, 0.25) is 0 Å². The number of rotatable bonds is 6. The summed E-state index contributed by atoms with van der Waals surface area (Å²) in [7, 11) is 0. The van der Waals surface area contributed by atoms with Crippen molar-refractivity contribution in [3.05, 3.63) is 15.6 Å². The molecule has 2 rings (SSSR count). The first-order chi connectivity index (χ1) is 10.5. The van der Waals surface area contributed by atoms with Crippen LogP contribution < -0.4 is 5.32 Å². The Balaban J connectivity index is 1.90. The number of nitrogens with one attached hydrogen (secondary N) is 1. The van der Waals surface area contributed by atoms with Crippen molar-refractivity contribution in [3.63, 3.8) is 0 Å². The second-order valence-electron chi connectivity index (χ2n) is 5.20. The molecule has 1 aliphatic rings. The molecule has 0 spiro atoms. The highest BCUT2D eigenvalue weighted by molar-refractivity contribution is 7.11. The quantitative estimate of drug-likeness (QED) is 0.797. The van der Waals surface area contributed by atoms with E-state index in [-0.39, 0.29) is 25.0 Å². The van der Waals surface area contributed by atoms with Crippen LogP contribution in [-0.4, -0.2) is 53.9 Å². The van der Waals surface area contributed by atoms with Crippen molar-refractivity contribution < 1.29 is 24.2 Å². The molecule has 0 radical (unpaired) electrons. The molecule has 0 saturated carbocycles. The van der Waals surface area contributed by atoms with Crippen molar-refractivity contribution >= 4 is 23.2 Å². The highest BCUT2D eigenvalue weighted by Gasteiger charge is 2.28. The smallest absolute Gasteiger partial charge is 0.329 e. The Kier molecular flexibility index (Phi) is 5.87. The minimum absolute atomic E-state index is 0.109. The fourth-order valence-electron chi connectivity index (χ4n) is 2.36. The molecule has 1 amide bonds. The van der Waals surface area contributed by atoms with Gasteiger partial charge in [-0.3, -0.25) is 4.79 Å². The summed E-state index contributed by atoms with van der Waals surface area (Å²) >= 11 is 1.51. The number of carboxylic acid groups (broad SMARTS) is 1. The molecule has 22 heavy (non-hydrogen) atoms. The van der Waals surface area contributed by atoms with Crippen molar-refractivity contribution in [3.8, 4) is 0 Å². The van der Waals surface area contributed by atoms with Crippen LogP contribution in [0, 0.1) is 13.8 Å². The molecule has 1 aromatic heterocycles. The molecule has 7 nitrogen and oxygen atoms in total. The third kappa shape index (κ3) is 4.75. The van der Waals surface area contributed by atoms with Crippen molar-refractivity contribution in [2.75, 3.05) is 19.8 Å². The number of amides is 1. The van der Waals surface area contributed by atoms with Gasteiger partial charge in [0.1, 0.15) is 12.7 Å². The van der Waals surface area contributed by atoms with Crippen LogP contribution in [0.15, 0.2) is 0 Å². The number of thiazole rings is 1. The van der Waals surface area contributed by atoms with E-state index in [2.05, 4.69) is 10.3 Å². The molecule has 0 aliphatic carbocycles. The van der Waals surface area contributed by atoms with E-state index in [1.807, 2.05) is 13.8 Å². The van der Waals surface area contributed by atoms with Gasteiger partial charge in [-0.05, 0) is 20.3 Å². The summed E-state index contributed by atoms with van der Waals surface area (Å²) < 4.78 is 10.6.